The van der Waals surface area contributed by atoms with Crippen LogP contribution in [0, 0.1) is 6.92 Å². The van der Waals surface area contributed by atoms with Crippen molar-refractivity contribution in [3.05, 3.63) is 23.8 Å². The Balaban J connectivity index is 1.89. The van der Waals surface area contributed by atoms with Gasteiger partial charge in [-0.15, -0.1) is 0 Å². The van der Waals surface area contributed by atoms with Crippen LogP contribution in [0.25, 0.3) is 0 Å². The molecule has 1 aromatic carbocycles. The number of rotatable bonds is 6. The average molecular weight is 293 g/mol. The Kier molecular flexibility index (Phi) is 4.35. The van der Waals surface area contributed by atoms with Crippen molar-refractivity contribution >= 4 is 11.9 Å². The molecule has 2 rings (SSSR count). The van der Waals surface area contributed by atoms with Crippen LogP contribution in [0.3, 0.4) is 0 Å². The molecule has 0 aliphatic heterocycles. The lowest BCUT2D eigenvalue weighted by molar-refractivity contribution is -0.152. The Bertz CT molecular complexity index is 551. The van der Waals surface area contributed by atoms with E-state index in [0.29, 0.717) is 18.6 Å². The minimum absolute atomic E-state index is 0.208. The minimum Gasteiger partial charge on any atom is -0.496 e. The van der Waals surface area contributed by atoms with E-state index in [1.807, 2.05) is 6.92 Å². The van der Waals surface area contributed by atoms with Gasteiger partial charge in [0.05, 0.1) is 7.11 Å². The number of carboxylic acids is 1. The molecule has 0 atom stereocenters. The third-order valence-electron chi connectivity index (χ3n) is 3.73. The fourth-order valence-corrected chi connectivity index (χ4v) is 2.32. The zero-order chi connectivity index (χ0) is 15.5. The molecule has 0 spiro atoms. The highest BCUT2D eigenvalue weighted by Gasteiger charge is 2.45. The molecule has 2 N–H and O–H groups in total. The predicted octanol–water partition coefficient (Wildman–Crippen LogP) is 1.51. The maximum atomic E-state index is 11.8. The Morgan fingerprint density at radius 3 is 2.57 bits per heavy atom. The van der Waals surface area contributed by atoms with Crippen molar-refractivity contribution in [1.82, 2.24) is 5.32 Å². The van der Waals surface area contributed by atoms with Crippen LogP contribution in [-0.4, -0.2) is 36.2 Å². The van der Waals surface area contributed by atoms with Gasteiger partial charge in [-0.3, -0.25) is 4.79 Å². The molecule has 0 saturated heterocycles. The maximum absolute atomic E-state index is 11.8. The number of hydrogen-bond acceptors (Lipinski definition) is 4. The van der Waals surface area contributed by atoms with E-state index in [2.05, 4.69) is 5.32 Å². The molecule has 0 aromatic heterocycles. The van der Waals surface area contributed by atoms with Crippen LogP contribution in [0.5, 0.6) is 11.5 Å². The Morgan fingerprint density at radius 2 is 2.10 bits per heavy atom. The number of carbonyl (C=O) groups is 2. The van der Waals surface area contributed by atoms with Crippen LogP contribution in [-0.2, 0) is 9.59 Å². The molecule has 0 radical (unpaired) electrons. The first-order valence-electron chi connectivity index (χ1n) is 6.79. The summed E-state index contributed by atoms with van der Waals surface area (Å²) in [7, 11) is 1.58. The summed E-state index contributed by atoms with van der Waals surface area (Å²) in [4.78, 5) is 23.0. The van der Waals surface area contributed by atoms with E-state index in [1.165, 1.54) is 0 Å². The van der Waals surface area contributed by atoms with Gasteiger partial charge in [-0.25, -0.2) is 4.79 Å². The van der Waals surface area contributed by atoms with Crippen LogP contribution >= 0.6 is 0 Å². The molecule has 114 valence electrons. The number of carboxylic acid groups (broad SMARTS) is 1. The molecule has 0 unspecified atom stereocenters. The van der Waals surface area contributed by atoms with Crippen LogP contribution in [0.2, 0.25) is 0 Å². The number of aryl methyl sites for hydroxylation is 1. The summed E-state index contributed by atoms with van der Waals surface area (Å²) in [6.07, 6.45) is 1.75. The van der Waals surface area contributed by atoms with Crippen molar-refractivity contribution in [3.63, 3.8) is 0 Å². The quantitative estimate of drug-likeness (QED) is 0.830. The predicted molar refractivity (Wildman–Crippen MR) is 75.6 cm³/mol. The molecular weight excluding hydrogens is 274 g/mol. The maximum Gasteiger partial charge on any atom is 0.329 e. The molecule has 1 saturated carbocycles. The van der Waals surface area contributed by atoms with Crippen LogP contribution in [0.4, 0.5) is 0 Å². The summed E-state index contributed by atoms with van der Waals surface area (Å²) >= 11 is 0. The summed E-state index contributed by atoms with van der Waals surface area (Å²) in [5.41, 5.74) is -0.201. The molecule has 0 heterocycles. The first kappa shape index (κ1) is 15.2. The third kappa shape index (κ3) is 3.26. The number of benzene rings is 1. The molecule has 6 heteroatoms. The van der Waals surface area contributed by atoms with E-state index in [9.17, 15) is 9.59 Å². The van der Waals surface area contributed by atoms with Gasteiger partial charge >= 0.3 is 5.97 Å². The standard InChI is InChI=1S/C15H19NO5/c1-10-8-11(4-5-12(10)20-2)21-9-13(17)16-15(14(18)19)6-3-7-15/h4-5,8H,3,6-7,9H2,1-2H3,(H,16,17)(H,18,19). The third-order valence-corrected chi connectivity index (χ3v) is 3.73. The van der Waals surface area contributed by atoms with Gasteiger partial charge in [-0.2, -0.15) is 0 Å². The van der Waals surface area contributed by atoms with Gasteiger partial charge in [0.1, 0.15) is 17.0 Å². The van der Waals surface area contributed by atoms with Gasteiger partial charge in [0, 0.05) is 0 Å². The molecular formula is C15H19NO5. The SMILES string of the molecule is COc1ccc(OCC(=O)NC2(C(=O)O)CCC2)cc1C. The largest absolute Gasteiger partial charge is 0.496 e. The fraction of sp³-hybridized carbons (Fsp3) is 0.467. The van der Waals surface area contributed by atoms with Crippen molar-refractivity contribution in [2.75, 3.05) is 13.7 Å². The molecule has 6 nitrogen and oxygen atoms in total. The first-order valence-corrected chi connectivity index (χ1v) is 6.79. The van der Waals surface area contributed by atoms with Crippen LogP contribution in [0.1, 0.15) is 24.8 Å². The van der Waals surface area contributed by atoms with E-state index in [4.69, 9.17) is 14.6 Å². The highest BCUT2D eigenvalue weighted by Crippen LogP contribution is 2.32. The number of aliphatic carboxylic acids is 1. The lowest BCUT2D eigenvalue weighted by atomic mass is 9.77. The molecule has 1 aliphatic carbocycles. The molecule has 1 fully saturated rings. The van der Waals surface area contributed by atoms with Crippen molar-refractivity contribution in [3.8, 4) is 11.5 Å². The number of carbonyl (C=O) groups excluding carboxylic acids is 1. The average Bonchev–Trinajstić information content (AvgIpc) is 2.40. The smallest absolute Gasteiger partial charge is 0.329 e. The summed E-state index contributed by atoms with van der Waals surface area (Å²) in [5.74, 6) is -0.125. The molecule has 1 aromatic rings. The second-order valence-corrected chi connectivity index (χ2v) is 5.21. The second-order valence-electron chi connectivity index (χ2n) is 5.21. The Labute approximate surface area is 123 Å². The zero-order valence-corrected chi connectivity index (χ0v) is 12.1. The van der Waals surface area contributed by atoms with E-state index < -0.39 is 17.4 Å². The summed E-state index contributed by atoms with van der Waals surface area (Å²) in [6, 6.07) is 5.23. The highest BCUT2D eigenvalue weighted by atomic mass is 16.5. The topological polar surface area (TPSA) is 84.9 Å². The van der Waals surface area contributed by atoms with Gasteiger partial charge in [0.2, 0.25) is 0 Å². The second kappa shape index (κ2) is 6.03. The van der Waals surface area contributed by atoms with E-state index >= 15 is 0 Å². The number of hydrogen-bond donors (Lipinski definition) is 2. The van der Waals surface area contributed by atoms with Gasteiger partial charge in [-0.1, -0.05) is 0 Å². The molecule has 21 heavy (non-hydrogen) atoms. The van der Waals surface area contributed by atoms with Crippen molar-refractivity contribution < 1.29 is 24.2 Å². The number of nitrogens with one attached hydrogen (secondary N) is 1. The van der Waals surface area contributed by atoms with Gasteiger partial charge in [-0.05, 0) is 49.9 Å². The van der Waals surface area contributed by atoms with Crippen molar-refractivity contribution in [1.29, 1.82) is 0 Å². The van der Waals surface area contributed by atoms with Crippen LogP contribution < -0.4 is 14.8 Å². The summed E-state index contributed by atoms with van der Waals surface area (Å²) in [5, 5.41) is 11.7. The lowest BCUT2D eigenvalue weighted by Crippen LogP contribution is -2.59. The monoisotopic (exact) mass is 293 g/mol. The van der Waals surface area contributed by atoms with Gasteiger partial charge < -0.3 is 19.9 Å². The van der Waals surface area contributed by atoms with Crippen molar-refractivity contribution in [2.24, 2.45) is 0 Å². The molecule has 0 bridgehead atoms. The minimum atomic E-state index is -1.10. The Morgan fingerprint density at radius 1 is 1.38 bits per heavy atom. The van der Waals surface area contributed by atoms with Gasteiger partial charge in [0.15, 0.2) is 6.61 Å². The van der Waals surface area contributed by atoms with Crippen molar-refractivity contribution in [2.45, 2.75) is 31.7 Å². The van der Waals surface area contributed by atoms with E-state index in [-0.39, 0.29) is 6.61 Å². The van der Waals surface area contributed by atoms with Gasteiger partial charge in [0.25, 0.3) is 5.91 Å². The normalized spacial score (nSPS) is 15.7. The fourth-order valence-electron chi connectivity index (χ4n) is 2.32. The summed E-state index contributed by atoms with van der Waals surface area (Å²) < 4.78 is 10.5. The Hall–Kier alpha value is -2.24. The molecule has 1 amide bonds. The lowest BCUT2D eigenvalue weighted by Gasteiger charge is -2.38. The molecule has 1 aliphatic rings. The van der Waals surface area contributed by atoms with E-state index in [1.54, 1.807) is 25.3 Å². The highest BCUT2D eigenvalue weighted by molar-refractivity contribution is 5.88. The summed E-state index contributed by atoms with van der Waals surface area (Å²) in [6.45, 7) is 1.67. The number of methoxy groups -OCH3 is 1. The number of amides is 1. The van der Waals surface area contributed by atoms with Crippen LogP contribution in [0.15, 0.2) is 18.2 Å². The first-order chi connectivity index (χ1) is 9.97. The number of ether oxygens (including phenoxy) is 2. The van der Waals surface area contributed by atoms with E-state index in [0.717, 1.165) is 17.7 Å². The zero-order valence-electron chi connectivity index (χ0n) is 12.1.